The second kappa shape index (κ2) is 11.8. The molecule has 39 heavy (non-hydrogen) atoms. The lowest BCUT2D eigenvalue weighted by Crippen LogP contribution is -2.40. The Balaban J connectivity index is 1.39. The number of rotatable bonds is 9. The maximum atomic E-state index is 13.1. The van der Waals surface area contributed by atoms with Crippen molar-refractivity contribution < 1.29 is 27.2 Å². The zero-order valence-electron chi connectivity index (χ0n) is 23.1. The van der Waals surface area contributed by atoms with Crippen LogP contribution >= 0.6 is 0 Å². The Bertz CT molecular complexity index is 1390. The summed E-state index contributed by atoms with van der Waals surface area (Å²) < 4.78 is 43.7. The van der Waals surface area contributed by atoms with Gasteiger partial charge in [0, 0.05) is 32.1 Å². The van der Waals surface area contributed by atoms with Gasteiger partial charge >= 0.3 is 0 Å². The second-order valence-electron chi connectivity index (χ2n) is 10.6. The molecule has 1 aromatic heterocycles. The lowest BCUT2D eigenvalue weighted by atomic mass is 9.87. The van der Waals surface area contributed by atoms with E-state index in [1.165, 1.54) is 27.9 Å². The molecule has 0 aliphatic carbocycles. The molecule has 0 bridgehead atoms. The van der Waals surface area contributed by atoms with Gasteiger partial charge in [0.15, 0.2) is 0 Å². The molecule has 0 N–H and O–H groups in total. The van der Waals surface area contributed by atoms with Crippen LogP contribution in [-0.4, -0.2) is 74.1 Å². The summed E-state index contributed by atoms with van der Waals surface area (Å²) in [6, 6.07) is 12.8. The number of aromatic nitrogens is 2. The molecule has 3 aromatic rings. The first-order valence-corrected chi connectivity index (χ1v) is 14.4. The lowest BCUT2D eigenvalue weighted by Gasteiger charge is -2.26. The number of aryl methyl sites for hydroxylation is 1. The molecule has 0 unspecified atom stereocenters. The van der Waals surface area contributed by atoms with Crippen LogP contribution < -0.4 is 4.74 Å². The van der Waals surface area contributed by atoms with Crippen LogP contribution in [0.3, 0.4) is 0 Å². The summed E-state index contributed by atoms with van der Waals surface area (Å²) in [4.78, 5) is 19.1. The van der Waals surface area contributed by atoms with Gasteiger partial charge in [-0.3, -0.25) is 4.79 Å². The van der Waals surface area contributed by atoms with E-state index in [2.05, 4.69) is 43.0 Å². The summed E-state index contributed by atoms with van der Waals surface area (Å²) >= 11 is 0. The minimum absolute atomic E-state index is 0.0480. The molecule has 2 heterocycles. The minimum Gasteiger partial charge on any atom is -0.496 e. The fourth-order valence-corrected chi connectivity index (χ4v) is 5.79. The molecule has 0 atom stereocenters. The average molecular weight is 557 g/mol. The highest BCUT2D eigenvalue weighted by Crippen LogP contribution is 2.27. The van der Waals surface area contributed by atoms with Gasteiger partial charge in [-0.15, -0.1) is 0 Å². The topological polar surface area (TPSA) is 115 Å². The quantitative estimate of drug-likeness (QED) is 0.392. The lowest BCUT2D eigenvalue weighted by molar-refractivity contribution is -0.130. The largest absolute Gasteiger partial charge is 0.496 e. The molecule has 1 aliphatic heterocycles. The van der Waals surface area contributed by atoms with E-state index >= 15 is 0 Å². The Morgan fingerprint density at radius 1 is 1.10 bits per heavy atom. The van der Waals surface area contributed by atoms with Gasteiger partial charge in [-0.2, -0.15) is 9.29 Å². The van der Waals surface area contributed by atoms with Crippen molar-refractivity contribution in [3.63, 3.8) is 0 Å². The normalized spacial score (nSPS) is 14.8. The Morgan fingerprint density at radius 2 is 1.79 bits per heavy atom. The van der Waals surface area contributed by atoms with Crippen LogP contribution in [0.1, 0.15) is 44.2 Å². The summed E-state index contributed by atoms with van der Waals surface area (Å²) in [6.07, 6.45) is 0.469. The minimum atomic E-state index is -3.66. The fraction of sp³-hybridized carbons (Fsp3) is 0.464. The molecule has 4 rings (SSSR count). The number of nitrogens with zero attached hydrogens (tertiary/aromatic N) is 4. The molecule has 0 spiro atoms. The number of methoxy groups -OCH3 is 1. The molecule has 210 valence electrons. The second-order valence-corrected chi connectivity index (χ2v) is 12.5. The highest BCUT2D eigenvalue weighted by atomic mass is 32.2. The predicted molar refractivity (Wildman–Crippen MR) is 146 cm³/mol. The van der Waals surface area contributed by atoms with Crippen LogP contribution in [0.15, 0.2) is 51.9 Å². The molecular weight excluding hydrogens is 520 g/mol. The van der Waals surface area contributed by atoms with Gasteiger partial charge < -0.3 is 18.9 Å². The van der Waals surface area contributed by atoms with Crippen molar-refractivity contribution in [1.29, 1.82) is 0 Å². The van der Waals surface area contributed by atoms with E-state index < -0.39 is 10.0 Å². The maximum Gasteiger partial charge on any atom is 0.246 e. The van der Waals surface area contributed by atoms with E-state index in [0.29, 0.717) is 55.8 Å². The highest BCUT2D eigenvalue weighted by molar-refractivity contribution is 7.89. The zero-order valence-corrected chi connectivity index (χ0v) is 24.0. The number of carbonyl (C=O) groups is 1. The molecule has 1 fully saturated rings. The molecule has 1 amide bonds. The van der Waals surface area contributed by atoms with Gasteiger partial charge in [-0.25, -0.2) is 8.42 Å². The first-order chi connectivity index (χ1) is 18.5. The first-order valence-electron chi connectivity index (χ1n) is 12.9. The van der Waals surface area contributed by atoms with Gasteiger partial charge in [-0.05, 0) is 41.2 Å². The van der Waals surface area contributed by atoms with Crippen LogP contribution in [0.2, 0.25) is 0 Å². The molecule has 1 aliphatic rings. The maximum absolute atomic E-state index is 13.1. The molecule has 0 saturated carbocycles. The number of amides is 1. The van der Waals surface area contributed by atoms with E-state index in [9.17, 15) is 13.2 Å². The van der Waals surface area contributed by atoms with E-state index in [0.717, 1.165) is 5.56 Å². The number of sulfonamides is 1. The monoisotopic (exact) mass is 556 g/mol. The van der Waals surface area contributed by atoms with Crippen molar-refractivity contribution >= 4 is 15.9 Å². The van der Waals surface area contributed by atoms with E-state index in [1.807, 2.05) is 12.1 Å². The van der Waals surface area contributed by atoms with Gasteiger partial charge in [-0.1, -0.05) is 50.2 Å². The third-order valence-electron chi connectivity index (χ3n) is 6.74. The number of ether oxygens (including phenoxy) is 2. The summed E-state index contributed by atoms with van der Waals surface area (Å²) in [6.45, 7) is 7.99. The Labute approximate surface area is 230 Å². The van der Waals surface area contributed by atoms with E-state index in [-0.39, 0.29) is 29.2 Å². The molecule has 10 nitrogen and oxygen atoms in total. The SMILES string of the molecule is COc1ccc(S(=O)(=O)N2CCOCC2)cc1CCC(=O)N(C)Cc1nc(-c2ccc(C(C)(C)C)cc2)no1. The van der Waals surface area contributed by atoms with Crippen molar-refractivity contribution in [2.75, 3.05) is 40.5 Å². The van der Waals surface area contributed by atoms with Crippen LogP contribution in [0.25, 0.3) is 11.4 Å². The Morgan fingerprint density at radius 3 is 2.44 bits per heavy atom. The number of morpholine rings is 1. The first kappa shape index (κ1) is 28.7. The standard InChI is InChI=1S/C28H36N4O6S/c1-28(2,3)22-9-6-20(7-10-22)27-29-25(38-30-27)19-31(4)26(33)13-8-21-18-23(11-12-24(21)36-5)39(34,35)32-14-16-37-17-15-32/h6-7,9-12,18H,8,13-17,19H2,1-5H3. The van der Waals surface area contributed by atoms with Crippen LogP contribution in [-0.2, 0) is 37.9 Å². The summed E-state index contributed by atoms with van der Waals surface area (Å²) in [5.41, 5.74) is 2.74. The molecule has 0 radical (unpaired) electrons. The predicted octanol–water partition coefficient (Wildman–Crippen LogP) is 3.65. The van der Waals surface area contributed by atoms with Crippen molar-refractivity contribution in [3.8, 4) is 17.1 Å². The van der Waals surface area contributed by atoms with Gasteiger partial charge in [0.1, 0.15) is 5.75 Å². The summed E-state index contributed by atoms with van der Waals surface area (Å²) in [5, 5.41) is 4.07. The number of hydrogen-bond acceptors (Lipinski definition) is 8. The number of benzene rings is 2. The molecule has 11 heteroatoms. The van der Waals surface area contributed by atoms with E-state index in [4.69, 9.17) is 14.0 Å². The fourth-order valence-electron chi connectivity index (χ4n) is 4.33. The molecule has 2 aromatic carbocycles. The van der Waals surface area contributed by atoms with Gasteiger partial charge in [0.25, 0.3) is 0 Å². The number of carbonyl (C=O) groups excluding carboxylic acids is 1. The van der Waals surface area contributed by atoms with Crippen LogP contribution in [0.5, 0.6) is 5.75 Å². The van der Waals surface area contributed by atoms with Gasteiger partial charge in [0.2, 0.25) is 27.6 Å². The average Bonchev–Trinajstić information content (AvgIpc) is 3.40. The van der Waals surface area contributed by atoms with Crippen molar-refractivity contribution in [2.45, 2.75) is 50.5 Å². The Hall–Kier alpha value is -3.28. The zero-order chi connectivity index (χ0) is 28.2. The third kappa shape index (κ3) is 6.84. The summed E-state index contributed by atoms with van der Waals surface area (Å²) in [7, 11) is -0.473. The third-order valence-corrected chi connectivity index (χ3v) is 8.64. The van der Waals surface area contributed by atoms with Crippen molar-refractivity contribution in [2.24, 2.45) is 0 Å². The van der Waals surface area contributed by atoms with Crippen LogP contribution in [0, 0.1) is 0 Å². The molecular formula is C28H36N4O6S. The van der Waals surface area contributed by atoms with Crippen molar-refractivity contribution in [3.05, 3.63) is 59.5 Å². The smallest absolute Gasteiger partial charge is 0.246 e. The number of hydrogen-bond donors (Lipinski definition) is 0. The van der Waals surface area contributed by atoms with Crippen LogP contribution in [0.4, 0.5) is 0 Å². The van der Waals surface area contributed by atoms with E-state index in [1.54, 1.807) is 19.2 Å². The Kier molecular flexibility index (Phi) is 8.73. The van der Waals surface area contributed by atoms with Crippen molar-refractivity contribution in [1.82, 2.24) is 19.3 Å². The highest BCUT2D eigenvalue weighted by Gasteiger charge is 2.27. The summed E-state index contributed by atoms with van der Waals surface area (Å²) in [5.74, 6) is 1.18. The molecule has 1 saturated heterocycles. The van der Waals surface area contributed by atoms with Gasteiger partial charge in [0.05, 0.1) is 31.8 Å².